The second kappa shape index (κ2) is 7.13. The zero-order valence-electron chi connectivity index (χ0n) is 14.5. The van der Waals surface area contributed by atoms with Crippen molar-refractivity contribution in [3.63, 3.8) is 0 Å². The zero-order chi connectivity index (χ0) is 18.1. The number of amides is 2. The molecule has 0 bridgehead atoms. The van der Waals surface area contributed by atoms with Crippen LogP contribution in [0, 0.1) is 6.92 Å². The summed E-state index contributed by atoms with van der Waals surface area (Å²) >= 11 is 1.50. The smallest absolute Gasteiger partial charge is 0.254 e. The summed E-state index contributed by atoms with van der Waals surface area (Å²) in [5.74, 6) is 1.26. The van der Waals surface area contributed by atoms with Gasteiger partial charge in [-0.2, -0.15) is 0 Å². The molecule has 1 aromatic carbocycles. The standard InChI is InChI=1S/C18H20N4O3S/c1-12-8-14(25-20-12)10-21-4-6-22(7-5-21)18(24)13-2-3-16-15(9-13)19-17(23)11-26-16/h2-3,8-9H,4-7,10-11H2,1H3,(H,19,23). The predicted octanol–water partition coefficient (Wildman–Crippen LogP) is 1.99. The van der Waals surface area contributed by atoms with Crippen molar-refractivity contribution in [2.45, 2.75) is 18.4 Å². The maximum atomic E-state index is 12.8. The van der Waals surface area contributed by atoms with E-state index in [1.165, 1.54) is 11.8 Å². The summed E-state index contributed by atoms with van der Waals surface area (Å²) in [6.45, 7) is 5.55. The lowest BCUT2D eigenvalue weighted by Gasteiger charge is -2.34. The first kappa shape index (κ1) is 17.1. The van der Waals surface area contributed by atoms with Crippen LogP contribution in [-0.2, 0) is 11.3 Å². The number of nitrogens with zero attached hydrogens (tertiary/aromatic N) is 3. The number of aromatic nitrogens is 1. The molecule has 0 spiro atoms. The highest BCUT2D eigenvalue weighted by Crippen LogP contribution is 2.32. The number of nitrogens with one attached hydrogen (secondary N) is 1. The molecule has 3 heterocycles. The molecular formula is C18H20N4O3S. The van der Waals surface area contributed by atoms with Crippen molar-refractivity contribution >= 4 is 29.3 Å². The number of aryl methyl sites for hydroxylation is 1. The number of hydrogen-bond donors (Lipinski definition) is 1. The molecule has 0 atom stereocenters. The van der Waals surface area contributed by atoms with Gasteiger partial charge in [-0.3, -0.25) is 14.5 Å². The van der Waals surface area contributed by atoms with E-state index in [1.807, 2.05) is 30.0 Å². The van der Waals surface area contributed by atoms with E-state index in [9.17, 15) is 9.59 Å². The topological polar surface area (TPSA) is 78.7 Å². The third-order valence-corrected chi connectivity index (χ3v) is 5.65. The van der Waals surface area contributed by atoms with Gasteiger partial charge in [-0.05, 0) is 25.1 Å². The first-order valence-electron chi connectivity index (χ1n) is 8.59. The number of carbonyl (C=O) groups is 2. The predicted molar refractivity (Wildman–Crippen MR) is 98.2 cm³/mol. The minimum atomic E-state index is -0.0247. The quantitative estimate of drug-likeness (QED) is 0.888. The molecule has 7 nitrogen and oxygen atoms in total. The highest BCUT2D eigenvalue weighted by atomic mass is 32.2. The Morgan fingerprint density at radius 1 is 1.27 bits per heavy atom. The van der Waals surface area contributed by atoms with Gasteiger partial charge in [-0.15, -0.1) is 11.8 Å². The molecule has 2 aromatic rings. The minimum absolute atomic E-state index is 0.00721. The zero-order valence-corrected chi connectivity index (χ0v) is 15.3. The Labute approximate surface area is 155 Å². The monoisotopic (exact) mass is 372 g/mol. The lowest BCUT2D eigenvalue weighted by Crippen LogP contribution is -2.48. The Bertz CT molecular complexity index is 843. The molecule has 1 aromatic heterocycles. The van der Waals surface area contributed by atoms with Gasteiger partial charge in [0.2, 0.25) is 5.91 Å². The summed E-state index contributed by atoms with van der Waals surface area (Å²) in [4.78, 5) is 29.5. The fourth-order valence-electron chi connectivity index (χ4n) is 3.22. The maximum absolute atomic E-state index is 12.8. The van der Waals surface area contributed by atoms with Gasteiger partial charge in [-0.1, -0.05) is 5.16 Å². The van der Waals surface area contributed by atoms with Crippen LogP contribution in [0.2, 0.25) is 0 Å². The number of carbonyl (C=O) groups excluding carboxylic acids is 2. The van der Waals surface area contributed by atoms with Crippen molar-refractivity contribution in [2.24, 2.45) is 0 Å². The lowest BCUT2D eigenvalue weighted by atomic mass is 10.1. The van der Waals surface area contributed by atoms with Crippen LogP contribution in [0.4, 0.5) is 5.69 Å². The van der Waals surface area contributed by atoms with Gasteiger partial charge in [0.05, 0.1) is 23.7 Å². The number of rotatable bonds is 3. The Balaban J connectivity index is 1.37. The van der Waals surface area contributed by atoms with E-state index in [0.717, 1.165) is 35.1 Å². The first-order valence-corrected chi connectivity index (χ1v) is 9.57. The van der Waals surface area contributed by atoms with E-state index in [2.05, 4.69) is 15.4 Å². The third kappa shape index (κ3) is 3.61. The Hall–Kier alpha value is -2.32. The normalized spacial score (nSPS) is 17.7. The lowest BCUT2D eigenvalue weighted by molar-refractivity contribution is -0.113. The second-order valence-electron chi connectivity index (χ2n) is 6.55. The van der Waals surface area contributed by atoms with Crippen LogP contribution in [-0.4, -0.2) is 58.7 Å². The molecule has 26 heavy (non-hydrogen) atoms. The van der Waals surface area contributed by atoms with Crippen molar-refractivity contribution in [1.82, 2.24) is 15.0 Å². The van der Waals surface area contributed by atoms with E-state index in [4.69, 9.17) is 4.52 Å². The number of thioether (sulfide) groups is 1. The largest absolute Gasteiger partial charge is 0.360 e. The van der Waals surface area contributed by atoms with Crippen LogP contribution in [0.3, 0.4) is 0 Å². The highest BCUT2D eigenvalue weighted by Gasteiger charge is 2.24. The molecule has 0 saturated carbocycles. The van der Waals surface area contributed by atoms with Crippen LogP contribution in [0.15, 0.2) is 33.7 Å². The van der Waals surface area contributed by atoms with E-state index in [1.54, 1.807) is 6.07 Å². The van der Waals surface area contributed by atoms with E-state index >= 15 is 0 Å². The molecule has 0 radical (unpaired) electrons. The van der Waals surface area contributed by atoms with E-state index in [0.29, 0.717) is 31.0 Å². The first-order chi connectivity index (χ1) is 12.6. The number of anilines is 1. The summed E-state index contributed by atoms with van der Waals surface area (Å²) in [7, 11) is 0. The van der Waals surface area contributed by atoms with Crippen LogP contribution in [0.25, 0.3) is 0 Å². The molecule has 2 aliphatic heterocycles. The van der Waals surface area contributed by atoms with Crippen LogP contribution in [0.5, 0.6) is 0 Å². The van der Waals surface area contributed by atoms with Gasteiger partial charge in [0.25, 0.3) is 5.91 Å². The average molecular weight is 372 g/mol. The van der Waals surface area contributed by atoms with Crippen molar-refractivity contribution < 1.29 is 14.1 Å². The van der Waals surface area contributed by atoms with E-state index in [-0.39, 0.29) is 11.8 Å². The molecule has 1 fully saturated rings. The molecule has 4 rings (SSSR count). The molecular weight excluding hydrogens is 352 g/mol. The summed E-state index contributed by atoms with van der Waals surface area (Å²) in [6, 6.07) is 7.48. The third-order valence-electron chi connectivity index (χ3n) is 4.58. The Kier molecular flexibility index (Phi) is 4.69. The second-order valence-corrected chi connectivity index (χ2v) is 7.57. The summed E-state index contributed by atoms with van der Waals surface area (Å²) < 4.78 is 5.26. The van der Waals surface area contributed by atoms with E-state index < -0.39 is 0 Å². The number of benzene rings is 1. The Morgan fingerprint density at radius 2 is 2.08 bits per heavy atom. The van der Waals surface area contributed by atoms with Gasteiger partial charge in [0.15, 0.2) is 5.76 Å². The van der Waals surface area contributed by atoms with Crippen molar-refractivity contribution in [3.8, 4) is 0 Å². The average Bonchev–Trinajstić information content (AvgIpc) is 3.06. The number of hydrogen-bond acceptors (Lipinski definition) is 6. The highest BCUT2D eigenvalue weighted by molar-refractivity contribution is 8.00. The maximum Gasteiger partial charge on any atom is 0.254 e. The molecule has 2 amide bonds. The van der Waals surface area contributed by atoms with Gasteiger partial charge >= 0.3 is 0 Å². The summed E-state index contributed by atoms with van der Waals surface area (Å²) in [5.41, 5.74) is 2.23. The molecule has 2 aliphatic rings. The van der Waals surface area contributed by atoms with Gasteiger partial charge in [0, 0.05) is 42.7 Å². The molecule has 1 saturated heterocycles. The fraction of sp³-hybridized carbons (Fsp3) is 0.389. The van der Waals surface area contributed by atoms with Gasteiger partial charge in [-0.25, -0.2) is 0 Å². The van der Waals surface area contributed by atoms with Crippen molar-refractivity contribution in [1.29, 1.82) is 0 Å². The Morgan fingerprint density at radius 3 is 2.81 bits per heavy atom. The fourth-order valence-corrected chi connectivity index (χ4v) is 4.01. The van der Waals surface area contributed by atoms with Crippen LogP contribution < -0.4 is 5.32 Å². The van der Waals surface area contributed by atoms with Crippen LogP contribution >= 0.6 is 11.8 Å². The van der Waals surface area contributed by atoms with Gasteiger partial charge < -0.3 is 14.7 Å². The SMILES string of the molecule is Cc1cc(CN2CCN(C(=O)c3ccc4c(c3)NC(=O)CS4)CC2)on1. The van der Waals surface area contributed by atoms with Crippen molar-refractivity contribution in [2.75, 3.05) is 37.2 Å². The number of piperazine rings is 1. The summed E-state index contributed by atoms with van der Waals surface area (Å²) in [6.07, 6.45) is 0. The summed E-state index contributed by atoms with van der Waals surface area (Å²) in [5, 5.41) is 6.75. The molecule has 8 heteroatoms. The number of fused-ring (bicyclic) bond motifs is 1. The molecule has 1 N–H and O–H groups in total. The van der Waals surface area contributed by atoms with Crippen LogP contribution in [0.1, 0.15) is 21.8 Å². The minimum Gasteiger partial charge on any atom is -0.360 e. The van der Waals surface area contributed by atoms with Crippen molar-refractivity contribution in [3.05, 3.63) is 41.3 Å². The van der Waals surface area contributed by atoms with Gasteiger partial charge in [0.1, 0.15) is 0 Å². The molecule has 0 aliphatic carbocycles. The molecule has 0 unspecified atom stereocenters. The molecule has 136 valence electrons.